The maximum absolute atomic E-state index is 12.5. The molecule has 0 aliphatic carbocycles. The Hall–Kier alpha value is -3.14. The summed E-state index contributed by atoms with van der Waals surface area (Å²) in [5.41, 5.74) is 2.85. The maximum Gasteiger partial charge on any atom is 0.337 e. The normalized spacial score (nSPS) is 10.6. The molecule has 0 atom stereocenters. The second-order valence-electron chi connectivity index (χ2n) is 5.88. The van der Waals surface area contributed by atoms with Crippen LogP contribution in [0.4, 0.5) is 5.69 Å². The van der Waals surface area contributed by atoms with Crippen molar-refractivity contribution >= 4 is 28.3 Å². The van der Waals surface area contributed by atoms with Gasteiger partial charge in [0.15, 0.2) is 0 Å². The summed E-state index contributed by atoms with van der Waals surface area (Å²) in [6.07, 6.45) is 0. The zero-order chi connectivity index (χ0) is 17.3. The van der Waals surface area contributed by atoms with Crippen LogP contribution >= 0.6 is 0 Å². The highest BCUT2D eigenvalue weighted by atomic mass is 16.4. The molecule has 0 unspecified atom stereocenters. The SMILES string of the molecule is Cc1cc(C)cc(C(=O)Nc2cc3ccccc3cc2C(=O)O)c1. The van der Waals surface area contributed by atoms with Gasteiger partial charge in [-0.25, -0.2) is 4.79 Å². The molecule has 3 aromatic carbocycles. The number of hydrogen-bond donors (Lipinski definition) is 2. The zero-order valence-corrected chi connectivity index (χ0v) is 13.5. The van der Waals surface area contributed by atoms with Gasteiger partial charge in [0.1, 0.15) is 0 Å². The van der Waals surface area contributed by atoms with Gasteiger partial charge in [-0.2, -0.15) is 0 Å². The molecule has 0 aliphatic heterocycles. The summed E-state index contributed by atoms with van der Waals surface area (Å²) < 4.78 is 0. The molecule has 0 radical (unpaired) electrons. The average Bonchev–Trinajstić information content (AvgIpc) is 2.53. The molecule has 1 amide bonds. The number of carboxylic acids is 1. The second-order valence-corrected chi connectivity index (χ2v) is 5.88. The predicted octanol–water partition coefficient (Wildman–Crippen LogP) is 4.41. The summed E-state index contributed by atoms with van der Waals surface area (Å²) >= 11 is 0. The van der Waals surface area contributed by atoms with Crippen molar-refractivity contribution in [3.05, 3.63) is 76.9 Å². The van der Waals surface area contributed by atoms with Crippen LogP contribution in [0.2, 0.25) is 0 Å². The Labute approximate surface area is 139 Å². The van der Waals surface area contributed by atoms with Gasteiger partial charge in [-0.3, -0.25) is 4.79 Å². The van der Waals surface area contributed by atoms with Crippen molar-refractivity contribution in [3.63, 3.8) is 0 Å². The second kappa shape index (κ2) is 6.16. The molecular formula is C20H17NO3. The van der Waals surface area contributed by atoms with Crippen LogP contribution in [0.1, 0.15) is 31.8 Å². The minimum Gasteiger partial charge on any atom is -0.478 e. The quantitative estimate of drug-likeness (QED) is 0.751. The lowest BCUT2D eigenvalue weighted by Gasteiger charge is -2.11. The first-order valence-electron chi connectivity index (χ1n) is 7.60. The Balaban J connectivity index is 2.03. The lowest BCUT2D eigenvalue weighted by molar-refractivity contribution is 0.0698. The molecule has 0 bridgehead atoms. The smallest absolute Gasteiger partial charge is 0.337 e. The number of nitrogens with one attached hydrogen (secondary N) is 1. The van der Waals surface area contributed by atoms with Gasteiger partial charge in [-0.15, -0.1) is 0 Å². The van der Waals surface area contributed by atoms with Crippen molar-refractivity contribution in [2.75, 3.05) is 5.32 Å². The van der Waals surface area contributed by atoms with Gasteiger partial charge < -0.3 is 10.4 Å². The fraction of sp³-hybridized carbons (Fsp3) is 0.100. The van der Waals surface area contributed by atoms with Gasteiger partial charge in [0.2, 0.25) is 0 Å². The summed E-state index contributed by atoms with van der Waals surface area (Å²) in [4.78, 5) is 24.1. The first-order chi connectivity index (χ1) is 11.4. The minimum atomic E-state index is -1.07. The summed E-state index contributed by atoms with van der Waals surface area (Å²) in [5, 5.41) is 13.9. The molecule has 3 rings (SSSR count). The molecule has 0 aliphatic rings. The Morgan fingerprint density at radius 3 is 2.04 bits per heavy atom. The molecule has 4 heteroatoms. The molecule has 0 saturated heterocycles. The van der Waals surface area contributed by atoms with E-state index in [0.717, 1.165) is 21.9 Å². The van der Waals surface area contributed by atoms with E-state index in [2.05, 4.69) is 5.32 Å². The first kappa shape index (κ1) is 15.7. The van der Waals surface area contributed by atoms with Crippen molar-refractivity contribution in [1.29, 1.82) is 0 Å². The lowest BCUT2D eigenvalue weighted by Crippen LogP contribution is -2.15. The number of carboxylic acid groups (broad SMARTS) is 1. The number of carbonyl (C=O) groups is 2. The van der Waals surface area contributed by atoms with Gasteiger partial charge in [0.05, 0.1) is 11.3 Å². The zero-order valence-electron chi connectivity index (χ0n) is 13.5. The number of amides is 1. The molecule has 24 heavy (non-hydrogen) atoms. The minimum absolute atomic E-state index is 0.0754. The van der Waals surface area contributed by atoms with E-state index in [-0.39, 0.29) is 11.5 Å². The summed E-state index contributed by atoms with van der Waals surface area (Å²) in [5.74, 6) is -1.39. The van der Waals surface area contributed by atoms with Gasteiger partial charge in [-0.05, 0) is 48.9 Å². The van der Waals surface area contributed by atoms with E-state index in [4.69, 9.17) is 0 Å². The Bertz CT molecular complexity index is 940. The van der Waals surface area contributed by atoms with Gasteiger partial charge in [0, 0.05) is 5.56 Å². The number of benzene rings is 3. The fourth-order valence-electron chi connectivity index (χ4n) is 2.82. The van der Waals surface area contributed by atoms with Gasteiger partial charge in [0.25, 0.3) is 5.91 Å². The number of rotatable bonds is 3. The third-order valence-corrected chi connectivity index (χ3v) is 3.85. The molecule has 120 valence electrons. The highest BCUT2D eigenvalue weighted by molar-refractivity contribution is 6.10. The van der Waals surface area contributed by atoms with Crippen LogP contribution in [0.15, 0.2) is 54.6 Å². The van der Waals surface area contributed by atoms with E-state index in [1.165, 1.54) is 0 Å². The number of carbonyl (C=O) groups excluding carboxylic acids is 1. The van der Waals surface area contributed by atoms with Gasteiger partial charge >= 0.3 is 5.97 Å². The third-order valence-electron chi connectivity index (χ3n) is 3.85. The van der Waals surface area contributed by atoms with Crippen molar-refractivity contribution in [2.24, 2.45) is 0 Å². The van der Waals surface area contributed by atoms with Gasteiger partial charge in [-0.1, -0.05) is 41.5 Å². The number of aryl methyl sites for hydroxylation is 2. The lowest BCUT2D eigenvalue weighted by atomic mass is 10.0. The van der Waals surface area contributed by atoms with Crippen molar-refractivity contribution in [1.82, 2.24) is 0 Å². The third kappa shape index (κ3) is 3.13. The van der Waals surface area contributed by atoms with Crippen molar-refractivity contribution < 1.29 is 14.7 Å². The fourth-order valence-corrected chi connectivity index (χ4v) is 2.82. The molecule has 0 heterocycles. The number of aromatic carboxylic acids is 1. The van der Waals surface area contributed by atoms with Crippen LogP contribution < -0.4 is 5.32 Å². The van der Waals surface area contributed by atoms with E-state index in [9.17, 15) is 14.7 Å². The largest absolute Gasteiger partial charge is 0.478 e. The van der Waals surface area contributed by atoms with Crippen LogP contribution in [0.5, 0.6) is 0 Å². The van der Waals surface area contributed by atoms with Crippen LogP contribution in [-0.2, 0) is 0 Å². The molecule has 0 saturated carbocycles. The Morgan fingerprint density at radius 1 is 0.875 bits per heavy atom. The number of hydrogen-bond acceptors (Lipinski definition) is 2. The Morgan fingerprint density at radius 2 is 1.46 bits per heavy atom. The van der Waals surface area contributed by atoms with E-state index in [0.29, 0.717) is 11.3 Å². The maximum atomic E-state index is 12.5. The summed E-state index contributed by atoms with van der Waals surface area (Å²) in [7, 11) is 0. The number of fused-ring (bicyclic) bond motifs is 1. The molecule has 0 fully saturated rings. The van der Waals surface area contributed by atoms with Crippen LogP contribution in [-0.4, -0.2) is 17.0 Å². The van der Waals surface area contributed by atoms with Crippen molar-refractivity contribution in [3.8, 4) is 0 Å². The topological polar surface area (TPSA) is 66.4 Å². The van der Waals surface area contributed by atoms with Crippen LogP contribution in [0.3, 0.4) is 0 Å². The molecule has 2 N–H and O–H groups in total. The van der Waals surface area contributed by atoms with E-state index in [1.54, 1.807) is 24.3 Å². The van der Waals surface area contributed by atoms with E-state index < -0.39 is 5.97 Å². The van der Waals surface area contributed by atoms with E-state index in [1.807, 2.05) is 44.2 Å². The summed E-state index contributed by atoms with van der Waals surface area (Å²) in [6.45, 7) is 3.84. The highest BCUT2D eigenvalue weighted by Gasteiger charge is 2.15. The predicted molar refractivity (Wildman–Crippen MR) is 94.8 cm³/mol. The monoisotopic (exact) mass is 319 g/mol. The molecular weight excluding hydrogens is 302 g/mol. The highest BCUT2D eigenvalue weighted by Crippen LogP contribution is 2.25. The molecule has 3 aromatic rings. The average molecular weight is 319 g/mol. The van der Waals surface area contributed by atoms with Crippen LogP contribution in [0.25, 0.3) is 10.8 Å². The molecule has 0 spiro atoms. The van der Waals surface area contributed by atoms with E-state index >= 15 is 0 Å². The van der Waals surface area contributed by atoms with Crippen molar-refractivity contribution in [2.45, 2.75) is 13.8 Å². The Kier molecular flexibility index (Phi) is 4.04. The summed E-state index contributed by atoms with van der Waals surface area (Å²) in [6, 6.07) is 16.3. The molecule has 4 nitrogen and oxygen atoms in total. The number of anilines is 1. The standard InChI is InChI=1S/C20H17NO3/c1-12-7-13(2)9-16(8-12)19(22)21-18-11-15-6-4-3-5-14(15)10-17(18)20(23)24/h3-11H,1-2H3,(H,21,22)(H,23,24). The van der Waals surface area contributed by atoms with Crippen LogP contribution in [0, 0.1) is 13.8 Å². The first-order valence-corrected chi connectivity index (χ1v) is 7.60. The molecule has 0 aromatic heterocycles.